The molecule has 5 rings (SSSR count). The van der Waals surface area contributed by atoms with Gasteiger partial charge in [-0.15, -0.1) is 0 Å². The second-order valence-corrected chi connectivity index (χ2v) is 8.88. The Balaban J connectivity index is 1.22. The molecule has 0 unspecified atom stereocenters. The summed E-state index contributed by atoms with van der Waals surface area (Å²) in [6.07, 6.45) is 1.63. The molecule has 0 atom stereocenters. The highest BCUT2D eigenvalue weighted by molar-refractivity contribution is 8.00. The molecule has 6 nitrogen and oxygen atoms in total. The van der Waals surface area contributed by atoms with E-state index < -0.39 is 5.66 Å². The summed E-state index contributed by atoms with van der Waals surface area (Å²) in [5.41, 5.74) is 1.71. The zero-order valence-corrected chi connectivity index (χ0v) is 16.8. The lowest BCUT2D eigenvalue weighted by molar-refractivity contribution is 0.0639. The van der Waals surface area contributed by atoms with Crippen molar-refractivity contribution in [3.8, 4) is 5.75 Å². The van der Waals surface area contributed by atoms with Crippen molar-refractivity contribution in [2.24, 2.45) is 0 Å². The highest BCUT2D eigenvalue weighted by atomic mass is 32.2. The smallest absolute Gasteiger partial charge is 0.255 e. The number of nitrogens with one attached hydrogen (secondary N) is 2. The number of likely N-dealkylation sites (tertiary alicyclic amines) is 1. The summed E-state index contributed by atoms with van der Waals surface area (Å²) in [6.45, 7) is 1.18. The Labute approximate surface area is 174 Å². The number of ether oxygens (including phenoxy) is 1. The maximum atomic E-state index is 12.9. The van der Waals surface area contributed by atoms with Gasteiger partial charge in [0.25, 0.3) is 11.8 Å². The second-order valence-electron chi connectivity index (χ2n) is 7.80. The first-order chi connectivity index (χ1) is 14.1. The number of anilines is 1. The van der Waals surface area contributed by atoms with Gasteiger partial charge >= 0.3 is 0 Å². The molecule has 3 aliphatic heterocycles. The fourth-order valence-corrected chi connectivity index (χ4v) is 4.60. The number of rotatable bonds is 3. The molecule has 2 aromatic carbocycles. The molecule has 0 saturated carbocycles. The molecule has 7 heteroatoms. The first-order valence-corrected chi connectivity index (χ1v) is 11.1. The van der Waals surface area contributed by atoms with Crippen LogP contribution >= 0.6 is 11.8 Å². The molecule has 1 spiro atoms. The van der Waals surface area contributed by atoms with Crippen molar-refractivity contribution in [2.45, 2.75) is 24.6 Å². The van der Waals surface area contributed by atoms with Gasteiger partial charge in [0.15, 0.2) is 0 Å². The molecular formula is C22H23N3O3S. The van der Waals surface area contributed by atoms with E-state index in [9.17, 15) is 9.59 Å². The summed E-state index contributed by atoms with van der Waals surface area (Å²) in [6, 6.07) is 15.0. The summed E-state index contributed by atoms with van der Waals surface area (Å²) >= 11 is 1.88. The van der Waals surface area contributed by atoms with Gasteiger partial charge in [-0.05, 0) is 36.4 Å². The Hall–Kier alpha value is -2.67. The number of thioether (sulfide) groups is 1. The van der Waals surface area contributed by atoms with E-state index in [0.29, 0.717) is 43.2 Å². The molecule has 0 aromatic heterocycles. The zero-order valence-electron chi connectivity index (χ0n) is 16.0. The minimum absolute atomic E-state index is 0.0214. The highest BCUT2D eigenvalue weighted by Gasteiger charge is 2.41. The van der Waals surface area contributed by atoms with Gasteiger partial charge in [-0.2, -0.15) is 11.8 Å². The summed E-state index contributed by atoms with van der Waals surface area (Å²) in [7, 11) is 0. The van der Waals surface area contributed by atoms with Gasteiger partial charge in [0, 0.05) is 48.7 Å². The van der Waals surface area contributed by atoms with E-state index in [0.717, 1.165) is 22.9 Å². The van der Waals surface area contributed by atoms with E-state index in [-0.39, 0.29) is 11.8 Å². The molecule has 2 fully saturated rings. The Morgan fingerprint density at radius 3 is 2.45 bits per heavy atom. The van der Waals surface area contributed by atoms with Crippen LogP contribution in [0.25, 0.3) is 0 Å². The molecule has 0 aliphatic carbocycles. The highest BCUT2D eigenvalue weighted by Crippen LogP contribution is 2.32. The van der Waals surface area contributed by atoms with Crippen LogP contribution in [0.4, 0.5) is 5.69 Å². The number of hydrogen-bond acceptors (Lipinski definition) is 5. The number of para-hydroxylation sites is 1. The summed E-state index contributed by atoms with van der Waals surface area (Å²) in [4.78, 5) is 27.3. The molecule has 2 aromatic rings. The molecule has 150 valence electrons. The predicted octanol–water partition coefficient (Wildman–Crippen LogP) is 2.97. The van der Waals surface area contributed by atoms with Crippen molar-refractivity contribution in [3.05, 3.63) is 59.7 Å². The van der Waals surface area contributed by atoms with Crippen molar-refractivity contribution < 1.29 is 14.3 Å². The van der Waals surface area contributed by atoms with E-state index in [1.807, 2.05) is 65.2 Å². The minimum Gasteiger partial charge on any atom is -0.489 e. The van der Waals surface area contributed by atoms with E-state index in [4.69, 9.17) is 4.74 Å². The fraction of sp³-hybridized carbons (Fsp3) is 0.364. The Morgan fingerprint density at radius 1 is 1.03 bits per heavy atom. The Kier molecular flexibility index (Phi) is 4.62. The van der Waals surface area contributed by atoms with Crippen LogP contribution in [0.1, 0.15) is 33.6 Å². The average molecular weight is 410 g/mol. The van der Waals surface area contributed by atoms with Crippen LogP contribution < -0.4 is 15.4 Å². The molecule has 0 bridgehead atoms. The molecule has 3 aliphatic rings. The lowest BCUT2D eigenvalue weighted by Crippen LogP contribution is -2.62. The zero-order chi connectivity index (χ0) is 19.8. The number of nitrogens with zero attached hydrogens (tertiary/aromatic N) is 1. The monoisotopic (exact) mass is 409 g/mol. The standard InChI is InChI=1S/C22H23N3O3S/c26-20-18-3-1-2-4-19(18)23-22(24-20)9-11-25(12-10-22)21(27)15-5-7-16(8-6-15)28-17-13-29-14-17/h1-8,17,23H,9-14H2,(H,24,26). The van der Waals surface area contributed by atoms with Gasteiger partial charge in [-0.3, -0.25) is 9.59 Å². The Morgan fingerprint density at radius 2 is 1.76 bits per heavy atom. The van der Waals surface area contributed by atoms with Gasteiger partial charge < -0.3 is 20.3 Å². The number of piperidine rings is 1. The van der Waals surface area contributed by atoms with Crippen LogP contribution in [0.2, 0.25) is 0 Å². The van der Waals surface area contributed by atoms with Gasteiger partial charge in [0.1, 0.15) is 17.5 Å². The molecule has 3 heterocycles. The normalized spacial score (nSPS) is 20.3. The van der Waals surface area contributed by atoms with Crippen LogP contribution in [-0.4, -0.2) is 53.1 Å². The number of amides is 2. The fourth-order valence-electron chi connectivity index (χ4n) is 4.04. The summed E-state index contributed by atoms with van der Waals surface area (Å²) in [5, 5.41) is 6.61. The van der Waals surface area contributed by atoms with E-state index in [1.165, 1.54) is 0 Å². The van der Waals surface area contributed by atoms with Gasteiger partial charge in [0.2, 0.25) is 0 Å². The summed E-state index contributed by atoms with van der Waals surface area (Å²) < 4.78 is 5.85. The van der Waals surface area contributed by atoms with Gasteiger partial charge in [-0.1, -0.05) is 12.1 Å². The molecule has 2 N–H and O–H groups in total. The van der Waals surface area contributed by atoms with Gasteiger partial charge in [-0.25, -0.2) is 0 Å². The number of fused-ring (bicyclic) bond motifs is 1. The van der Waals surface area contributed by atoms with Crippen molar-refractivity contribution in [3.63, 3.8) is 0 Å². The SMILES string of the molecule is O=C1NC2(CCN(C(=O)c3ccc(OC4CSC4)cc3)CC2)Nc2ccccc21. The van der Waals surface area contributed by atoms with E-state index in [2.05, 4.69) is 10.6 Å². The number of carbonyl (C=O) groups is 2. The van der Waals surface area contributed by atoms with Gasteiger partial charge in [0.05, 0.1) is 5.56 Å². The first kappa shape index (κ1) is 18.4. The third-order valence-corrected chi connectivity index (χ3v) is 7.03. The van der Waals surface area contributed by atoms with Crippen molar-refractivity contribution >= 4 is 29.3 Å². The largest absolute Gasteiger partial charge is 0.489 e. The summed E-state index contributed by atoms with van der Waals surface area (Å²) in [5.74, 6) is 2.85. The molecule has 2 amide bonds. The number of carbonyl (C=O) groups excluding carboxylic acids is 2. The van der Waals surface area contributed by atoms with Crippen LogP contribution in [0, 0.1) is 0 Å². The van der Waals surface area contributed by atoms with Crippen molar-refractivity contribution in [1.82, 2.24) is 10.2 Å². The van der Waals surface area contributed by atoms with Crippen LogP contribution in [-0.2, 0) is 0 Å². The topological polar surface area (TPSA) is 70.7 Å². The number of hydrogen-bond donors (Lipinski definition) is 2. The molecule has 29 heavy (non-hydrogen) atoms. The maximum absolute atomic E-state index is 12.9. The first-order valence-electron chi connectivity index (χ1n) is 9.95. The quantitative estimate of drug-likeness (QED) is 0.816. The lowest BCUT2D eigenvalue weighted by Gasteiger charge is -2.45. The van der Waals surface area contributed by atoms with Crippen LogP contribution in [0.5, 0.6) is 5.75 Å². The van der Waals surface area contributed by atoms with Crippen LogP contribution in [0.3, 0.4) is 0 Å². The second kappa shape index (κ2) is 7.30. The minimum atomic E-state index is -0.485. The van der Waals surface area contributed by atoms with E-state index >= 15 is 0 Å². The maximum Gasteiger partial charge on any atom is 0.255 e. The van der Waals surface area contributed by atoms with Crippen LogP contribution in [0.15, 0.2) is 48.5 Å². The van der Waals surface area contributed by atoms with Crippen molar-refractivity contribution in [1.29, 1.82) is 0 Å². The lowest BCUT2D eigenvalue weighted by atomic mass is 9.92. The number of benzene rings is 2. The predicted molar refractivity (Wildman–Crippen MR) is 114 cm³/mol. The third kappa shape index (κ3) is 3.55. The Bertz CT molecular complexity index is 935. The molecular weight excluding hydrogens is 386 g/mol. The molecule has 2 saturated heterocycles. The van der Waals surface area contributed by atoms with E-state index in [1.54, 1.807) is 0 Å². The average Bonchev–Trinajstić information content (AvgIpc) is 2.71. The third-order valence-electron chi connectivity index (χ3n) is 5.81. The molecule has 0 radical (unpaired) electrons. The van der Waals surface area contributed by atoms with Crippen molar-refractivity contribution in [2.75, 3.05) is 29.9 Å².